The predicted octanol–water partition coefficient (Wildman–Crippen LogP) is 5.48. The van der Waals surface area contributed by atoms with Crippen LogP contribution in [-0.2, 0) is 0 Å². The molecular formula is C22H16N2. The number of nitrogens with zero attached hydrogens (tertiary/aromatic N) is 2. The predicted molar refractivity (Wildman–Crippen MR) is 98.3 cm³/mol. The molecule has 1 aromatic heterocycles. The number of aromatic nitrogens is 2. The summed E-state index contributed by atoms with van der Waals surface area (Å²) in [7, 11) is 0. The molecule has 4 aromatic rings. The van der Waals surface area contributed by atoms with E-state index in [2.05, 4.69) is 76.7 Å². The van der Waals surface area contributed by atoms with Crippen LogP contribution in [0.15, 0.2) is 97.3 Å². The molecule has 24 heavy (non-hydrogen) atoms. The molecule has 1 heterocycles. The third kappa shape index (κ3) is 2.70. The van der Waals surface area contributed by atoms with Crippen molar-refractivity contribution >= 4 is 0 Å². The number of rotatable bonds is 3. The quantitative estimate of drug-likeness (QED) is 0.501. The molecule has 0 unspecified atom stereocenters. The molecule has 0 aliphatic carbocycles. The third-order valence-corrected chi connectivity index (χ3v) is 4.02. The maximum atomic E-state index is 4.46. The topological polar surface area (TPSA) is 25.8 Å². The highest BCUT2D eigenvalue weighted by Crippen LogP contribution is 2.38. The summed E-state index contributed by atoms with van der Waals surface area (Å²) >= 11 is 0. The van der Waals surface area contributed by atoms with E-state index in [-0.39, 0.29) is 0 Å². The molecule has 0 amide bonds. The van der Waals surface area contributed by atoms with Crippen LogP contribution in [0.4, 0.5) is 0 Å². The van der Waals surface area contributed by atoms with Gasteiger partial charge in [-0.15, -0.1) is 0 Å². The van der Waals surface area contributed by atoms with Gasteiger partial charge in [-0.2, -0.15) is 0 Å². The third-order valence-electron chi connectivity index (χ3n) is 4.02. The molecule has 0 atom stereocenters. The lowest BCUT2D eigenvalue weighted by atomic mass is 9.90. The monoisotopic (exact) mass is 308 g/mol. The lowest BCUT2D eigenvalue weighted by molar-refractivity contribution is 1.18. The molecule has 0 radical (unpaired) electrons. The number of hydrogen-bond donors (Lipinski definition) is 0. The van der Waals surface area contributed by atoms with E-state index in [0.717, 1.165) is 17.0 Å². The van der Waals surface area contributed by atoms with Crippen LogP contribution in [0.1, 0.15) is 0 Å². The molecule has 0 saturated heterocycles. The van der Waals surface area contributed by atoms with Gasteiger partial charge in [0.05, 0.1) is 0 Å². The van der Waals surface area contributed by atoms with Gasteiger partial charge in [0, 0.05) is 23.5 Å². The van der Waals surface area contributed by atoms with Gasteiger partial charge in [-0.25, -0.2) is 9.97 Å². The van der Waals surface area contributed by atoms with Gasteiger partial charge < -0.3 is 0 Å². The molecule has 114 valence electrons. The molecule has 0 fully saturated rings. The summed E-state index contributed by atoms with van der Waals surface area (Å²) in [6.45, 7) is 0. The van der Waals surface area contributed by atoms with Crippen LogP contribution in [0.25, 0.3) is 33.6 Å². The highest BCUT2D eigenvalue weighted by Gasteiger charge is 2.14. The molecule has 0 bridgehead atoms. The van der Waals surface area contributed by atoms with E-state index in [1.165, 1.54) is 16.7 Å². The molecule has 0 aliphatic rings. The van der Waals surface area contributed by atoms with Crippen molar-refractivity contribution in [3.63, 3.8) is 0 Å². The van der Waals surface area contributed by atoms with Gasteiger partial charge >= 0.3 is 0 Å². The first-order valence-corrected chi connectivity index (χ1v) is 7.95. The van der Waals surface area contributed by atoms with Gasteiger partial charge in [0.1, 0.15) is 0 Å². The molecule has 4 rings (SSSR count). The van der Waals surface area contributed by atoms with E-state index in [1.807, 2.05) is 18.2 Å². The molecule has 3 aromatic carbocycles. The molecule has 0 N–H and O–H groups in total. The average molecular weight is 308 g/mol. The first kappa shape index (κ1) is 14.3. The Labute approximate surface area is 141 Å². The molecule has 2 nitrogen and oxygen atoms in total. The zero-order valence-corrected chi connectivity index (χ0v) is 13.1. The summed E-state index contributed by atoms with van der Waals surface area (Å²) in [5.74, 6) is 0.745. The largest absolute Gasteiger partial charge is 0.237 e. The van der Waals surface area contributed by atoms with E-state index in [9.17, 15) is 0 Å². The lowest BCUT2D eigenvalue weighted by Gasteiger charge is -2.15. The second-order valence-corrected chi connectivity index (χ2v) is 5.53. The average Bonchev–Trinajstić information content (AvgIpc) is 2.69. The summed E-state index contributed by atoms with van der Waals surface area (Å²) in [5.41, 5.74) is 5.75. The molecule has 2 heteroatoms. The van der Waals surface area contributed by atoms with Crippen LogP contribution in [0, 0.1) is 0 Å². The Hall–Kier alpha value is -3.26. The Morgan fingerprint density at radius 2 is 1.04 bits per heavy atom. The minimum Gasteiger partial charge on any atom is -0.237 e. The van der Waals surface area contributed by atoms with E-state index in [1.54, 1.807) is 12.4 Å². The van der Waals surface area contributed by atoms with E-state index >= 15 is 0 Å². The Kier molecular flexibility index (Phi) is 3.86. The SMILES string of the molecule is c1ccc(-c2cccc(-c3ncccn3)c2-c2ccccc2)cc1. The van der Waals surface area contributed by atoms with Crippen molar-refractivity contribution in [1.82, 2.24) is 9.97 Å². The fourth-order valence-corrected chi connectivity index (χ4v) is 2.95. The highest BCUT2D eigenvalue weighted by atomic mass is 14.9. The zero-order chi connectivity index (χ0) is 16.2. The summed E-state index contributed by atoms with van der Waals surface area (Å²) in [4.78, 5) is 8.92. The van der Waals surface area contributed by atoms with E-state index in [0.29, 0.717) is 0 Å². The highest BCUT2D eigenvalue weighted by molar-refractivity contribution is 5.92. The van der Waals surface area contributed by atoms with Crippen LogP contribution in [0.5, 0.6) is 0 Å². The molecule has 0 saturated carbocycles. The molecular weight excluding hydrogens is 292 g/mol. The van der Waals surface area contributed by atoms with E-state index < -0.39 is 0 Å². The van der Waals surface area contributed by atoms with Crippen molar-refractivity contribution in [3.05, 3.63) is 97.3 Å². The van der Waals surface area contributed by atoms with Crippen molar-refractivity contribution in [2.45, 2.75) is 0 Å². The summed E-state index contributed by atoms with van der Waals surface area (Å²) in [5, 5.41) is 0. The van der Waals surface area contributed by atoms with Crippen LogP contribution < -0.4 is 0 Å². The molecule has 0 spiro atoms. The maximum Gasteiger partial charge on any atom is 0.159 e. The van der Waals surface area contributed by atoms with Crippen molar-refractivity contribution in [2.24, 2.45) is 0 Å². The number of hydrogen-bond acceptors (Lipinski definition) is 2. The zero-order valence-electron chi connectivity index (χ0n) is 13.1. The Morgan fingerprint density at radius 3 is 1.71 bits per heavy atom. The fourth-order valence-electron chi connectivity index (χ4n) is 2.95. The van der Waals surface area contributed by atoms with Crippen molar-refractivity contribution in [3.8, 4) is 33.6 Å². The van der Waals surface area contributed by atoms with Gasteiger partial charge in [0.15, 0.2) is 5.82 Å². The van der Waals surface area contributed by atoms with Crippen molar-refractivity contribution in [2.75, 3.05) is 0 Å². The molecule has 0 aliphatic heterocycles. The van der Waals surface area contributed by atoms with E-state index in [4.69, 9.17) is 0 Å². The first-order chi connectivity index (χ1) is 11.9. The Morgan fingerprint density at radius 1 is 0.458 bits per heavy atom. The summed E-state index contributed by atoms with van der Waals surface area (Å²) in [6, 6.07) is 29.0. The van der Waals surface area contributed by atoms with Crippen LogP contribution >= 0.6 is 0 Å². The minimum absolute atomic E-state index is 0.745. The van der Waals surface area contributed by atoms with Gasteiger partial charge in [0.2, 0.25) is 0 Å². The fraction of sp³-hybridized carbons (Fsp3) is 0. The standard InChI is InChI=1S/C22H16N2/c1-3-9-17(10-4-1)19-13-7-14-20(22-23-15-8-16-24-22)21(19)18-11-5-2-6-12-18/h1-16H. The normalized spacial score (nSPS) is 10.5. The van der Waals surface area contributed by atoms with Crippen LogP contribution in [-0.4, -0.2) is 9.97 Å². The van der Waals surface area contributed by atoms with Gasteiger partial charge in [0.25, 0.3) is 0 Å². The lowest BCUT2D eigenvalue weighted by Crippen LogP contribution is -1.93. The maximum absolute atomic E-state index is 4.46. The number of benzene rings is 3. The van der Waals surface area contributed by atoms with Crippen LogP contribution in [0.2, 0.25) is 0 Å². The van der Waals surface area contributed by atoms with Gasteiger partial charge in [-0.05, 0) is 22.8 Å². The second-order valence-electron chi connectivity index (χ2n) is 5.53. The Balaban J connectivity index is 2.02. The summed E-state index contributed by atoms with van der Waals surface area (Å²) in [6.07, 6.45) is 3.57. The van der Waals surface area contributed by atoms with Gasteiger partial charge in [-0.3, -0.25) is 0 Å². The van der Waals surface area contributed by atoms with Crippen molar-refractivity contribution in [1.29, 1.82) is 0 Å². The smallest absolute Gasteiger partial charge is 0.159 e. The van der Waals surface area contributed by atoms with Crippen molar-refractivity contribution < 1.29 is 0 Å². The van der Waals surface area contributed by atoms with Gasteiger partial charge in [-0.1, -0.05) is 78.9 Å². The minimum atomic E-state index is 0.745. The Bertz CT molecular complexity index is 876. The summed E-state index contributed by atoms with van der Waals surface area (Å²) < 4.78 is 0. The second kappa shape index (κ2) is 6.47. The first-order valence-electron chi connectivity index (χ1n) is 7.95. The van der Waals surface area contributed by atoms with Crippen LogP contribution in [0.3, 0.4) is 0 Å².